The first-order valence-corrected chi connectivity index (χ1v) is 13.2. The molecule has 1 aliphatic rings. The molecule has 0 fully saturated rings. The molecule has 194 valence electrons. The average Bonchev–Trinajstić information content (AvgIpc) is 3.63. The van der Waals surface area contributed by atoms with Gasteiger partial charge in [-0.15, -0.1) is 11.3 Å². The second-order valence-corrected chi connectivity index (χ2v) is 10.3. The summed E-state index contributed by atoms with van der Waals surface area (Å²) in [7, 11) is 0. The highest BCUT2D eigenvalue weighted by Crippen LogP contribution is 2.41. The van der Waals surface area contributed by atoms with Gasteiger partial charge in [-0.05, 0) is 43.5 Å². The molecule has 2 aromatic carbocycles. The standard InChI is InChI=1S/C29H28N4O4S/c1-19-28(38-20(2)31-19)26(34)24-25(33(29(36)27(24)35)14-7-13-32-15-12-30-18-32)22-10-6-11-23(16-22)37-17-21-8-4-3-5-9-21/h3-6,8-12,15-16,18,25,35H,7,13-14,17H2,1-2H3. The van der Waals surface area contributed by atoms with Crippen molar-refractivity contribution >= 4 is 23.0 Å². The third-order valence-corrected chi connectivity index (χ3v) is 7.53. The number of aliphatic hydroxyl groups excluding tert-OH is 1. The number of ketones is 1. The van der Waals surface area contributed by atoms with Crippen LogP contribution in [-0.2, 0) is 17.9 Å². The lowest BCUT2D eigenvalue weighted by Gasteiger charge is -2.27. The molecule has 0 aliphatic carbocycles. The maximum Gasteiger partial charge on any atom is 0.290 e. The fourth-order valence-electron chi connectivity index (χ4n) is 4.69. The third-order valence-electron chi connectivity index (χ3n) is 6.45. The maximum absolute atomic E-state index is 13.8. The molecular formula is C29H28N4O4S. The minimum atomic E-state index is -0.750. The van der Waals surface area contributed by atoms with Gasteiger partial charge in [0.25, 0.3) is 5.91 Å². The van der Waals surface area contributed by atoms with E-state index in [-0.39, 0.29) is 11.4 Å². The van der Waals surface area contributed by atoms with Gasteiger partial charge in [-0.2, -0.15) is 0 Å². The van der Waals surface area contributed by atoms with Gasteiger partial charge in [-0.3, -0.25) is 9.59 Å². The van der Waals surface area contributed by atoms with E-state index in [1.165, 1.54) is 11.3 Å². The fraction of sp³-hybridized carbons (Fsp3) is 0.241. The first-order chi connectivity index (χ1) is 18.4. The number of thiazole rings is 1. The van der Waals surface area contributed by atoms with Crippen molar-refractivity contribution in [2.75, 3.05) is 6.54 Å². The van der Waals surface area contributed by atoms with Crippen molar-refractivity contribution in [1.29, 1.82) is 0 Å². The van der Waals surface area contributed by atoms with E-state index in [9.17, 15) is 14.7 Å². The number of nitrogens with zero attached hydrogens (tertiary/aromatic N) is 4. The van der Waals surface area contributed by atoms with Gasteiger partial charge < -0.3 is 19.3 Å². The molecule has 0 saturated heterocycles. The van der Waals surface area contributed by atoms with Crippen LogP contribution in [0.1, 0.15) is 44.0 Å². The van der Waals surface area contributed by atoms with Gasteiger partial charge in [0.15, 0.2) is 5.76 Å². The summed E-state index contributed by atoms with van der Waals surface area (Å²) in [5.74, 6) is -0.834. The van der Waals surface area contributed by atoms with Gasteiger partial charge >= 0.3 is 0 Å². The van der Waals surface area contributed by atoms with E-state index in [1.807, 2.05) is 72.3 Å². The van der Waals surface area contributed by atoms with Crippen LogP contribution >= 0.6 is 11.3 Å². The Balaban J connectivity index is 1.46. The van der Waals surface area contributed by atoms with Crippen LogP contribution in [0, 0.1) is 13.8 Å². The molecule has 0 radical (unpaired) electrons. The van der Waals surface area contributed by atoms with Gasteiger partial charge in [0.2, 0.25) is 5.78 Å². The molecule has 38 heavy (non-hydrogen) atoms. The zero-order valence-electron chi connectivity index (χ0n) is 21.2. The molecule has 1 amide bonds. The van der Waals surface area contributed by atoms with Crippen LogP contribution in [0.4, 0.5) is 0 Å². The van der Waals surface area contributed by atoms with Gasteiger partial charge in [0.05, 0.1) is 33.5 Å². The Hall–Kier alpha value is -4.24. The van der Waals surface area contributed by atoms with E-state index in [2.05, 4.69) is 9.97 Å². The summed E-state index contributed by atoms with van der Waals surface area (Å²) in [5.41, 5.74) is 2.38. The van der Waals surface area contributed by atoms with Gasteiger partial charge in [0, 0.05) is 25.5 Å². The lowest BCUT2D eigenvalue weighted by molar-refractivity contribution is -0.129. The van der Waals surface area contributed by atoms with E-state index >= 15 is 0 Å². The number of hydrogen-bond acceptors (Lipinski definition) is 7. The molecule has 1 N–H and O–H groups in total. The monoisotopic (exact) mass is 528 g/mol. The highest BCUT2D eigenvalue weighted by atomic mass is 32.1. The first kappa shape index (κ1) is 25.4. The molecule has 2 aromatic heterocycles. The number of imidazole rings is 1. The minimum absolute atomic E-state index is 0.0737. The number of Topliss-reactive ketones (excluding diaryl/α,β-unsaturated/α-hetero) is 1. The van der Waals surface area contributed by atoms with Crippen molar-refractivity contribution in [1.82, 2.24) is 19.4 Å². The summed E-state index contributed by atoms with van der Waals surface area (Å²) in [4.78, 5) is 37.5. The van der Waals surface area contributed by atoms with Crippen LogP contribution in [-0.4, -0.2) is 42.8 Å². The zero-order chi connectivity index (χ0) is 26.6. The van der Waals surface area contributed by atoms with E-state index in [0.29, 0.717) is 48.0 Å². The normalized spacial score (nSPS) is 15.4. The summed E-state index contributed by atoms with van der Waals surface area (Å²) < 4.78 is 7.96. The van der Waals surface area contributed by atoms with Crippen LogP contribution in [0.2, 0.25) is 0 Å². The van der Waals surface area contributed by atoms with Crippen molar-refractivity contribution in [2.24, 2.45) is 0 Å². The summed E-state index contributed by atoms with van der Waals surface area (Å²) >= 11 is 1.27. The fourth-order valence-corrected chi connectivity index (χ4v) is 5.56. The van der Waals surface area contributed by atoms with E-state index < -0.39 is 17.7 Å². The third kappa shape index (κ3) is 5.24. The molecule has 1 aliphatic heterocycles. The van der Waals surface area contributed by atoms with Gasteiger partial charge in [0.1, 0.15) is 12.4 Å². The van der Waals surface area contributed by atoms with Crippen molar-refractivity contribution in [3.8, 4) is 5.75 Å². The number of aliphatic hydroxyl groups is 1. The molecule has 3 heterocycles. The van der Waals surface area contributed by atoms with Crippen molar-refractivity contribution < 1.29 is 19.4 Å². The molecule has 5 rings (SSSR count). The quantitative estimate of drug-likeness (QED) is 0.284. The number of carbonyl (C=O) groups is 2. The molecular weight excluding hydrogens is 500 g/mol. The summed E-state index contributed by atoms with van der Waals surface area (Å²) in [6.07, 6.45) is 5.90. The number of amides is 1. The second kappa shape index (κ2) is 11.0. The number of carbonyl (C=O) groups excluding carboxylic acids is 2. The molecule has 9 heteroatoms. The van der Waals surface area contributed by atoms with Crippen molar-refractivity contribution in [2.45, 2.75) is 39.5 Å². The molecule has 0 bridgehead atoms. The van der Waals surface area contributed by atoms with Crippen LogP contribution in [0.3, 0.4) is 0 Å². The van der Waals surface area contributed by atoms with Crippen LogP contribution in [0.25, 0.3) is 0 Å². The van der Waals surface area contributed by atoms with Crippen LogP contribution < -0.4 is 4.74 Å². The number of benzene rings is 2. The van der Waals surface area contributed by atoms with Crippen molar-refractivity contribution in [3.05, 3.63) is 111 Å². The zero-order valence-corrected chi connectivity index (χ0v) is 22.0. The molecule has 1 unspecified atom stereocenters. The van der Waals surface area contributed by atoms with E-state index in [0.717, 1.165) is 10.6 Å². The number of ether oxygens (including phenoxy) is 1. The lowest BCUT2D eigenvalue weighted by Crippen LogP contribution is -2.32. The average molecular weight is 529 g/mol. The highest BCUT2D eigenvalue weighted by Gasteiger charge is 2.44. The molecule has 8 nitrogen and oxygen atoms in total. The number of hydrogen-bond donors (Lipinski definition) is 1. The van der Waals surface area contributed by atoms with Crippen LogP contribution in [0.5, 0.6) is 5.75 Å². The van der Waals surface area contributed by atoms with E-state index in [1.54, 1.807) is 24.3 Å². The smallest absolute Gasteiger partial charge is 0.290 e. The Kier molecular flexibility index (Phi) is 7.37. The Bertz CT molecular complexity index is 1480. The number of aryl methyl sites for hydroxylation is 3. The largest absolute Gasteiger partial charge is 0.503 e. The molecule has 0 spiro atoms. The summed E-state index contributed by atoms with van der Waals surface area (Å²) in [5, 5.41) is 11.7. The summed E-state index contributed by atoms with van der Waals surface area (Å²) in [6.45, 7) is 4.97. The Morgan fingerprint density at radius 1 is 1.11 bits per heavy atom. The number of aromatic nitrogens is 3. The van der Waals surface area contributed by atoms with Gasteiger partial charge in [-0.1, -0.05) is 42.5 Å². The maximum atomic E-state index is 13.8. The van der Waals surface area contributed by atoms with Crippen molar-refractivity contribution in [3.63, 3.8) is 0 Å². The second-order valence-electron chi connectivity index (χ2n) is 9.14. The Labute approximate surface area is 224 Å². The van der Waals surface area contributed by atoms with Crippen LogP contribution in [0.15, 0.2) is 84.7 Å². The Morgan fingerprint density at radius 3 is 2.63 bits per heavy atom. The first-order valence-electron chi connectivity index (χ1n) is 12.4. The number of rotatable bonds is 10. The molecule has 1 atom stereocenters. The highest BCUT2D eigenvalue weighted by molar-refractivity contribution is 7.14. The minimum Gasteiger partial charge on any atom is -0.503 e. The molecule has 4 aromatic rings. The topological polar surface area (TPSA) is 97.5 Å². The predicted octanol–water partition coefficient (Wildman–Crippen LogP) is 5.20. The summed E-state index contributed by atoms with van der Waals surface area (Å²) in [6, 6.07) is 16.4. The Morgan fingerprint density at radius 2 is 1.92 bits per heavy atom. The molecule has 0 saturated carbocycles. The predicted molar refractivity (Wildman–Crippen MR) is 144 cm³/mol. The SMILES string of the molecule is Cc1nc(C)c(C(=O)C2=C(O)C(=O)N(CCCn3ccnc3)C2c2cccc(OCc3ccccc3)c2)s1. The lowest BCUT2D eigenvalue weighted by atomic mass is 9.95. The van der Waals surface area contributed by atoms with E-state index in [4.69, 9.17) is 4.74 Å². The van der Waals surface area contributed by atoms with Gasteiger partial charge in [-0.25, -0.2) is 9.97 Å².